The first-order chi connectivity index (χ1) is 7.36. The predicted molar refractivity (Wildman–Crippen MR) is 56.7 cm³/mol. The molecule has 0 unspecified atom stereocenters. The summed E-state index contributed by atoms with van der Waals surface area (Å²) in [5, 5.41) is 26.9. The average Bonchev–Trinajstić information content (AvgIpc) is 2.28. The average molecular weight is 209 g/mol. The predicted octanol–water partition coefficient (Wildman–Crippen LogP) is 0.972. The van der Waals surface area contributed by atoms with E-state index in [4.69, 9.17) is 10.2 Å². The third kappa shape index (κ3) is 4.53. The highest BCUT2D eigenvalue weighted by Gasteiger charge is 1.98. The monoisotopic (exact) mass is 209 g/mol. The van der Waals surface area contributed by atoms with Gasteiger partial charge in [-0.15, -0.1) is 5.11 Å². The summed E-state index contributed by atoms with van der Waals surface area (Å²) in [6.07, 6.45) is 0. The summed E-state index contributed by atoms with van der Waals surface area (Å²) in [5.74, 6) is 0. The van der Waals surface area contributed by atoms with Gasteiger partial charge >= 0.3 is 0 Å². The lowest BCUT2D eigenvalue weighted by atomic mass is 10.3. The van der Waals surface area contributed by atoms with Crippen LogP contribution < -0.4 is 0 Å². The first-order valence-electron chi connectivity index (χ1n) is 4.80. The minimum absolute atomic E-state index is 0.00614. The molecule has 5 nitrogen and oxygen atoms in total. The Hall–Kier alpha value is -1.46. The summed E-state index contributed by atoms with van der Waals surface area (Å²) in [7, 11) is 0. The van der Waals surface area contributed by atoms with Crippen molar-refractivity contribution in [1.29, 1.82) is 0 Å². The second kappa shape index (κ2) is 6.92. The number of nitrogens with zero attached hydrogens (tertiary/aromatic N) is 3. The van der Waals surface area contributed by atoms with Gasteiger partial charge in [-0.25, -0.2) is 0 Å². The van der Waals surface area contributed by atoms with Gasteiger partial charge < -0.3 is 10.2 Å². The molecule has 0 heterocycles. The number of aliphatic hydroxyl groups excluding tert-OH is 2. The fourth-order valence-corrected chi connectivity index (χ4v) is 1.04. The number of hydrogen-bond acceptors (Lipinski definition) is 4. The van der Waals surface area contributed by atoms with Crippen LogP contribution in [0.5, 0.6) is 0 Å². The molecule has 0 aromatic heterocycles. The van der Waals surface area contributed by atoms with Crippen LogP contribution in [0.3, 0.4) is 0 Å². The minimum atomic E-state index is -0.00614. The molecule has 2 N–H and O–H groups in total. The summed E-state index contributed by atoms with van der Waals surface area (Å²) in [6.45, 7) is 0.732. The number of hydrogen-bond donors (Lipinski definition) is 2. The van der Waals surface area contributed by atoms with Crippen molar-refractivity contribution in [3.8, 4) is 0 Å². The van der Waals surface area contributed by atoms with E-state index in [1.807, 2.05) is 30.3 Å². The van der Waals surface area contributed by atoms with Crippen molar-refractivity contribution in [2.24, 2.45) is 10.3 Å². The van der Waals surface area contributed by atoms with Crippen molar-refractivity contribution in [1.82, 2.24) is 5.01 Å². The maximum absolute atomic E-state index is 8.74. The van der Waals surface area contributed by atoms with Crippen LogP contribution in [0.25, 0.3) is 0 Å². The van der Waals surface area contributed by atoms with Gasteiger partial charge in [0.2, 0.25) is 0 Å². The maximum Gasteiger partial charge on any atom is 0.0874 e. The molecule has 0 aliphatic heterocycles. The van der Waals surface area contributed by atoms with Crippen molar-refractivity contribution in [3.05, 3.63) is 30.3 Å². The Morgan fingerprint density at radius 3 is 2.13 bits per heavy atom. The summed E-state index contributed by atoms with van der Waals surface area (Å²) >= 11 is 0. The highest BCUT2D eigenvalue weighted by Crippen LogP contribution is 2.10. The lowest BCUT2D eigenvalue weighted by molar-refractivity contribution is 0.158. The minimum Gasteiger partial charge on any atom is -0.394 e. The molecule has 0 atom stereocenters. The lowest BCUT2D eigenvalue weighted by Gasteiger charge is -2.13. The zero-order valence-corrected chi connectivity index (χ0v) is 8.45. The topological polar surface area (TPSA) is 68.4 Å². The SMILES string of the molecule is OCCN(CCO)N=Nc1ccccc1. The fraction of sp³-hybridized carbons (Fsp3) is 0.400. The van der Waals surface area contributed by atoms with E-state index in [2.05, 4.69) is 10.3 Å². The van der Waals surface area contributed by atoms with Crippen LogP contribution in [0, 0.1) is 0 Å². The molecule has 0 aliphatic carbocycles. The van der Waals surface area contributed by atoms with E-state index in [0.717, 1.165) is 5.69 Å². The van der Waals surface area contributed by atoms with Crippen LogP contribution in [0.4, 0.5) is 5.69 Å². The van der Waals surface area contributed by atoms with E-state index < -0.39 is 0 Å². The summed E-state index contributed by atoms with van der Waals surface area (Å²) < 4.78 is 0. The van der Waals surface area contributed by atoms with Gasteiger partial charge in [-0.2, -0.15) is 0 Å². The van der Waals surface area contributed by atoms with Crippen molar-refractivity contribution in [2.45, 2.75) is 0 Å². The second-order valence-corrected chi connectivity index (χ2v) is 2.93. The Bertz CT molecular complexity index is 284. The molecule has 1 rings (SSSR count). The summed E-state index contributed by atoms with van der Waals surface area (Å²) in [5.41, 5.74) is 0.748. The van der Waals surface area contributed by atoms with Gasteiger partial charge in [0.15, 0.2) is 0 Å². The number of benzene rings is 1. The zero-order chi connectivity index (χ0) is 10.9. The number of aliphatic hydroxyl groups is 2. The van der Waals surface area contributed by atoms with Gasteiger partial charge in [0.25, 0.3) is 0 Å². The third-order valence-electron chi connectivity index (χ3n) is 1.76. The van der Waals surface area contributed by atoms with Gasteiger partial charge in [0.1, 0.15) is 0 Å². The van der Waals surface area contributed by atoms with Crippen LogP contribution in [-0.2, 0) is 0 Å². The Balaban J connectivity index is 2.53. The molecule has 82 valence electrons. The van der Waals surface area contributed by atoms with Gasteiger partial charge in [0, 0.05) is 0 Å². The molecule has 1 aromatic carbocycles. The van der Waals surface area contributed by atoms with E-state index in [0.29, 0.717) is 13.1 Å². The Labute approximate surface area is 88.7 Å². The fourth-order valence-electron chi connectivity index (χ4n) is 1.04. The largest absolute Gasteiger partial charge is 0.394 e. The highest BCUT2D eigenvalue weighted by molar-refractivity contribution is 5.34. The third-order valence-corrected chi connectivity index (χ3v) is 1.76. The Kier molecular flexibility index (Phi) is 5.35. The van der Waals surface area contributed by atoms with Crippen molar-refractivity contribution in [3.63, 3.8) is 0 Å². The molecule has 15 heavy (non-hydrogen) atoms. The molecule has 0 radical (unpaired) electrons. The van der Waals surface area contributed by atoms with Crippen molar-refractivity contribution in [2.75, 3.05) is 26.3 Å². The van der Waals surface area contributed by atoms with Crippen molar-refractivity contribution >= 4 is 5.69 Å². The van der Waals surface area contributed by atoms with Crippen LogP contribution in [-0.4, -0.2) is 41.5 Å². The zero-order valence-electron chi connectivity index (χ0n) is 8.45. The van der Waals surface area contributed by atoms with Gasteiger partial charge in [-0.3, -0.25) is 5.01 Å². The van der Waals surface area contributed by atoms with Crippen LogP contribution in [0.2, 0.25) is 0 Å². The lowest BCUT2D eigenvalue weighted by Crippen LogP contribution is -2.24. The molecule has 0 amide bonds. The number of rotatable bonds is 6. The van der Waals surface area contributed by atoms with Crippen molar-refractivity contribution < 1.29 is 10.2 Å². The normalized spacial score (nSPS) is 10.8. The quantitative estimate of drug-likeness (QED) is 0.542. The highest BCUT2D eigenvalue weighted by atomic mass is 16.3. The molecule has 0 spiro atoms. The van der Waals surface area contributed by atoms with E-state index in [1.54, 1.807) is 0 Å². The van der Waals surface area contributed by atoms with Gasteiger partial charge in [-0.1, -0.05) is 23.4 Å². The molecule has 0 fully saturated rings. The summed E-state index contributed by atoms with van der Waals surface area (Å²) in [4.78, 5) is 0. The van der Waals surface area contributed by atoms with Gasteiger partial charge in [0.05, 0.1) is 32.0 Å². The standard InChI is InChI=1S/C10H15N3O2/c14-8-6-13(7-9-15)12-11-10-4-2-1-3-5-10/h1-5,14-15H,6-9H2. The molecule has 1 aromatic rings. The maximum atomic E-state index is 8.74. The van der Waals surface area contributed by atoms with Crippen LogP contribution in [0.1, 0.15) is 0 Å². The van der Waals surface area contributed by atoms with Crippen LogP contribution >= 0.6 is 0 Å². The first-order valence-corrected chi connectivity index (χ1v) is 4.80. The molecule has 0 saturated heterocycles. The summed E-state index contributed by atoms with van der Waals surface area (Å²) in [6, 6.07) is 9.31. The smallest absolute Gasteiger partial charge is 0.0874 e. The first kappa shape index (κ1) is 11.6. The molecule has 0 aliphatic rings. The molecular formula is C10H15N3O2. The molecule has 0 bridgehead atoms. The molecule has 5 heteroatoms. The van der Waals surface area contributed by atoms with Gasteiger partial charge in [-0.05, 0) is 12.1 Å². The van der Waals surface area contributed by atoms with E-state index in [1.165, 1.54) is 5.01 Å². The van der Waals surface area contributed by atoms with E-state index >= 15 is 0 Å². The second-order valence-electron chi connectivity index (χ2n) is 2.93. The Morgan fingerprint density at radius 2 is 1.60 bits per heavy atom. The molecular weight excluding hydrogens is 194 g/mol. The molecule has 0 saturated carbocycles. The Morgan fingerprint density at radius 1 is 1.00 bits per heavy atom. The van der Waals surface area contributed by atoms with E-state index in [9.17, 15) is 0 Å². The van der Waals surface area contributed by atoms with Crippen LogP contribution in [0.15, 0.2) is 40.7 Å². The van der Waals surface area contributed by atoms with E-state index in [-0.39, 0.29) is 13.2 Å².